The Morgan fingerprint density at radius 2 is 2.27 bits per heavy atom. The molecule has 1 rings (SSSR count). The van der Waals surface area contributed by atoms with Gasteiger partial charge in [0.15, 0.2) is 0 Å². The molecule has 1 heterocycles. The van der Waals surface area contributed by atoms with Crippen LogP contribution in [-0.2, 0) is 10.0 Å². The second-order valence-electron chi connectivity index (χ2n) is 3.88. The van der Waals surface area contributed by atoms with Gasteiger partial charge in [0.1, 0.15) is 0 Å². The summed E-state index contributed by atoms with van der Waals surface area (Å²) in [6.07, 6.45) is 3.51. The fourth-order valence-electron chi connectivity index (χ4n) is 1.42. The molecule has 2 N–H and O–H groups in total. The highest BCUT2D eigenvalue weighted by molar-refractivity contribution is 8.00. The SMILES string of the molecule is CC(CO)S(=O)(=O)NCC1CCCCS1. The Balaban J connectivity index is 2.35. The van der Waals surface area contributed by atoms with Crippen LogP contribution in [0.4, 0.5) is 0 Å². The van der Waals surface area contributed by atoms with Gasteiger partial charge in [-0.15, -0.1) is 0 Å². The third-order valence-electron chi connectivity index (χ3n) is 2.57. The predicted octanol–water partition coefficient (Wildman–Crippen LogP) is 0.572. The Kier molecular flexibility index (Phi) is 5.38. The van der Waals surface area contributed by atoms with E-state index in [0.29, 0.717) is 11.8 Å². The normalized spacial score (nSPS) is 25.1. The maximum Gasteiger partial charge on any atom is 0.216 e. The van der Waals surface area contributed by atoms with Crippen LogP contribution in [-0.4, -0.2) is 42.9 Å². The first-order chi connectivity index (χ1) is 7.06. The molecule has 1 aliphatic rings. The minimum Gasteiger partial charge on any atom is -0.395 e. The first-order valence-electron chi connectivity index (χ1n) is 5.27. The van der Waals surface area contributed by atoms with E-state index in [1.165, 1.54) is 19.8 Å². The number of rotatable bonds is 5. The van der Waals surface area contributed by atoms with Gasteiger partial charge in [-0.3, -0.25) is 0 Å². The van der Waals surface area contributed by atoms with E-state index in [0.717, 1.165) is 12.2 Å². The molecule has 0 spiro atoms. The summed E-state index contributed by atoms with van der Waals surface area (Å²) in [7, 11) is -3.32. The van der Waals surface area contributed by atoms with Crippen LogP contribution in [0.15, 0.2) is 0 Å². The molecule has 2 unspecified atom stereocenters. The van der Waals surface area contributed by atoms with Gasteiger partial charge in [0.2, 0.25) is 10.0 Å². The van der Waals surface area contributed by atoms with E-state index < -0.39 is 15.3 Å². The van der Waals surface area contributed by atoms with Crippen LogP contribution in [0.2, 0.25) is 0 Å². The molecule has 2 atom stereocenters. The molecule has 15 heavy (non-hydrogen) atoms. The number of hydrogen-bond acceptors (Lipinski definition) is 4. The van der Waals surface area contributed by atoms with Crippen molar-refractivity contribution in [3.05, 3.63) is 0 Å². The average Bonchev–Trinajstić information content (AvgIpc) is 2.27. The molecule has 6 heteroatoms. The van der Waals surface area contributed by atoms with Crippen molar-refractivity contribution < 1.29 is 13.5 Å². The van der Waals surface area contributed by atoms with Crippen molar-refractivity contribution in [1.29, 1.82) is 0 Å². The molecule has 4 nitrogen and oxygen atoms in total. The summed E-state index contributed by atoms with van der Waals surface area (Å²) >= 11 is 1.83. The second kappa shape index (κ2) is 6.08. The standard InChI is InChI=1S/C9H19NO3S2/c1-8(7-11)15(12,13)10-6-9-4-2-3-5-14-9/h8-11H,2-7H2,1H3. The van der Waals surface area contributed by atoms with Crippen LogP contribution in [0, 0.1) is 0 Å². The Morgan fingerprint density at radius 3 is 2.80 bits per heavy atom. The van der Waals surface area contributed by atoms with E-state index in [9.17, 15) is 8.42 Å². The Labute approximate surface area is 95.9 Å². The average molecular weight is 253 g/mol. The third-order valence-corrected chi connectivity index (χ3v) is 5.75. The summed E-state index contributed by atoms with van der Waals surface area (Å²) in [6, 6.07) is 0. The van der Waals surface area contributed by atoms with E-state index in [-0.39, 0.29) is 6.61 Å². The number of hydrogen-bond donors (Lipinski definition) is 2. The van der Waals surface area contributed by atoms with Gasteiger partial charge in [-0.25, -0.2) is 13.1 Å². The first-order valence-corrected chi connectivity index (χ1v) is 7.86. The number of thioether (sulfide) groups is 1. The topological polar surface area (TPSA) is 66.4 Å². The van der Waals surface area contributed by atoms with Crippen LogP contribution >= 0.6 is 11.8 Å². The van der Waals surface area contributed by atoms with Crippen molar-refractivity contribution >= 4 is 21.8 Å². The van der Waals surface area contributed by atoms with Gasteiger partial charge in [-0.2, -0.15) is 11.8 Å². The number of aliphatic hydroxyl groups excluding tert-OH is 1. The lowest BCUT2D eigenvalue weighted by molar-refractivity contribution is 0.295. The van der Waals surface area contributed by atoms with Gasteiger partial charge >= 0.3 is 0 Å². The quantitative estimate of drug-likeness (QED) is 0.752. The minimum atomic E-state index is -3.32. The summed E-state index contributed by atoms with van der Waals surface area (Å²) in [6.45, 7) is 1.68. The molecular weight excluding hydrogens is 234 g/mol. The van der Waals surface area contributed by atoms with Gasteiger partial charge in [-0.1, -0.05) is 6.42 Å². The molecule has 0 aromatic rings. The number of aliphatic hydroxyl groups is 1. The maximum atomic E-state index is 11.5. The van der Waals surface area contributed by atoms with Crippen molar-refractivity contribution in [2.45, 2.75) is 36.7 Å². The van der Waals surface area contributed by atoms with E-state index in [4.69, 9.17) is 5.11 Å². The summed E-state index contributed by atoms with van der Waals surface area (Å²) in [4.78, 5) is 0. The van der Waals surface area contributed by atoms with E-state index in [2.05, 4.69) is 4.72 Å². The van der Waals surface area contributed by atoms with Crippen LogP contribution in [0.3, 0.4) is 0 Å². The third kappa shape index (κ3) is 4.30. The van der Waals surface area contributed by atoms with Crippen LogP contribution in [0.1, 0.15) is 26.2 Å². The van der Waals surface area contributed by atoms with Gasteiger partial charge < -0.3 is 5.11 Å². The lowest BCUT2D eigenvalue weighted by atomic mass is 10.2. The highest BCUT2D eigenvalue weighted by Crippen LogP contribution is 2.24. The molecule has 0 bridgehead atoms. The van der Waals surface area contributed by atoms with Crippen molar-refractivity contribution in [2.24, 2.45) is 0 Å². The highest BCUT2D eigenvalue weighted by atomic mass is 32.2. The molecule has 1 fully saturated rings. The Bertz CT molecular complexity index is 273. The van der Waals surface area contributed by atoms with Crippen LogP contribution in [0.5, 0.6) is 0 Å². The first kappa shape index (κ1) is 13.3. The van der Waals surface area contributed by atoms with E-state index >= 15 is 0 Å². The van der Waals surface area contributed by atoms with Crippen molar-refractivity contribution in [3.63, 3.8) is 0 Å². The van der Waals surface area contributed by atoms with Crippen LogP contribution < -0.4 is 4.72 Å². The maximum absolute atomic E-state index is 11.5. The zero-order valence-electron chi connectivity index (χ0n) is 8.98. The summed E-state index contributed by atoms with van der Waals surface area (Å²) < 4.78 is 25.6. The monoisotopic (exact) mass is 253 g/mol. The second-order valence-corrected chi connectivity index (χ2v) is 7.47. The zero-order valence-corrected chi connectivity index (χ0v) is 10.6. The highest BCUT2D eigenvalue weighted by Gasteiger charge is 2.22. The van der Waals surface area contributed by atoms with Crippen molar-refractivity contribution in [1.82, 2.24) is 4.72 Å². The number of nitrogens with one attached hydrogen (secondary N) is 1. The molecule has 0 aromatic heterocycles. The largest absolute Gasteiger partial charge is 0.395 e. The molecule has 0 amide bonds. The van der Waals surface area contributed by atoms with E-state index in [1.807, 2.05) is 11.8 Å². The molecule has 0 aromatic carbocycles. The Morgan fingerprint density at radius 1 is 1.53 bits per heavy atom. The predicted molar refractivity (Wildman–Crippen MR) is 63.6 cm³/mol. The molecule has 0 saturated carbocycles. The van der Waals surface area contributed by atoms with E-state index in [1.54, 1.807) is 0 Å². The number of sulfonamides is 1. The van der Waals surface area contributed by atoms with Gasteiger partial charge in [-0.05, 0) is 25.5 Å². The fourth-order valence-corrected chi connectivity index (χ4v) is 3.68. The van der Waals surface area contributed by atoms with Crippen molar-refractivity contribution in [2.75, 3.05) is 18.9 Å². The molecule has 0 aliphatic carbocycles. The molecule has 1 aliphatic heterocycles. The zero-order chi connectivity index (χ0) is 11.3. The Hall–Kier alpha value is 0.220. The van der Waals surface area contributed by atoms with Crippen LogP contribution in [0.25, 0.3) is 0 Å². The van der Waals surface area contributed by atoms with Gasteiger partial charge in [0.05, 0.1) is 11.9 Å². The van der Waals surface area contributed by atoms with Gasteiger partial charge in [0, 0.05) is 11.8 Å². The fraction of sp³-hybridized carbons (Fsp3) is 1.00. The minimum absolute atomic E-state index is 0.326. The summed E-state index contributed by atoms with van der Waals surface area (Å²) in [5.41, 5.74) is 0. The molecule has 0 radical (unpaired) electrons. The summed E-state index contributed by atoms with van der Waals surface area (Å²) in [5, 5.41) is 8.47. The molecule has 1 saturated heterocycles. The van der Waals surface area contributed by atoms with Gasteiger partial charge in [0.25, 0.3) is 0 Å². The summed E-state index contributed by atoms with van der Waals surface area (Å²) in [5.74, 6) is 1.13. The van der Waals surface area contributed by atoms with Crippen molar-refractivity contribution in [3.8, 4) is 0 Å². The lowest BCUT2D eigenvalue weighted by Crippen LogP contribution is -2.38. The lowest BCUT2D eigenvalue weighted by Gasteiger charge is -2.22. The molecule has 90 valence electrons. The smallest absolute Gasteiger partial charge is 0.216 e. The molecular formula is C9H19NO3S2.